The lowest BCUT2D eigenvalue weighted by Crippen LogP contribution is -2.31. The molecule has 0 aromatic heterocycles. The average Bonchev–Trinajstić information content (AvgIpc) is 3.19. The molecule has 0 radical (unpaired) electrons. The highest BCUT2D eigenvalue weighted by Gasteiger charge is 2.24. The van der Waals surface area contributed by atoms with E-state index in [1.807, 2.05) is 85.5 Å². The van der Waals surface area contributed by atoms with Crippen LogP contribution in [-0.4, -0.2) is 18.5 Å². The molecule has 3 amide bonds. The van der Waals surface area contributed by atoms with E-state index < -0.39 is 0 Å². The minimum absolute atomic E-state index is 0.0930. The zero-order chi connectivity index (χ0) is 21.8. The zero-order valence-electron chi connectivity index (χ0n) is 17.9. The van der Waals surface area contributed by atoms with Crippen LogP contribution in [0.1, 0.15) is 35.2 Å². The highest BCUT2D eigenvalue weighted by atomic mass is 16.2. The Morgan fingerprint density at radius 1 is 0.968 bits per heavy atom. The molecule has 1 aliphatic rings. The molecule has 2 N–H and O–H groups in total. The van der Waals surface area contributed by atoms with Gasteiger partial charge in [-0.2, -0.15) is 0 Å². The van der Waals surface area contributed by atoms with Crippen molar-refractivity contribution in [1.29, 1.82) is 0 Å². The maximum atomic E-state index is 12.8. The molecule has 1 heterocycles. The van der Waals surface area contributed by atoms with E-state index in [1.54, 1.807) is 0 Å². The van der Waals surface area contributed by atoms with Gasteiger partial charge in [0.25, 0.3) is 0 Å². The van der Waals surface area contributed by atoms with Crippen molar-refractivity contribution in [3.8, 4) is 0 Å². The third-order valence-electron chi connectivity index (χ3n) is 5.76. The van der Waals surface area contributed by atoms with Gasteiger partial charge in [-0.1, -0.05) is 54.6 Å². The summed E-state index contributed by atoms with van der Waals surface area (Å²) in [4.78, 5) is 27.0. The van der Waals surface area contributed by atoms with Crippen LogP contribution in [0, 0.1) is 6.92 Å². The molecule has 1 atom stereocenters. The van der Waals surface area contributed by atoms with E-state index in [-0.39, 0.29) is 18.0 Å². The Hall–Kier alpha value is -3.60. The number of nitrogens with one attached hydrogen (secondary N) is 2. The molecule has 3 aromatic carbocycles. The lowest BCUT2D eigenvalue weighted by molar-refractivity contribution is -0.117. The minimum atomic E-state index is -0.256. The number of rotatable bonds is 5. The normalized spacial score (nSPS) is 13.4. The van der Waals surface area contributed by atoms with E-state index in [0.29, 0.717) is 12.1 Å². The maximum absolute atomic E-state index is 12.8. The van der Waals surface area contributed by atoms with Crippen LogP contribution in [-0.2, 0) is 17.6 Å². The number of amides is 3. The number of nitrogens with zero attached hydrogens (tertiary/aromatic N) is 1. The van der Waals surface area contributed by atoms with Crippen LogP contribution in [0.2, 0.25) is 0 Å². The summed E-state index contributed by atoms with van der Waals surface area (Å²) in [6, 6.07) is 23.2. The lowest BCUT2D eigenvalue weighted by Gasteiger charge is -2.18. The molecular weight excluding hydrogens is 386 g/mol. The molecule has 0 saturated heterocycles. The number of urea groups is 1. The molecule has 1 unspecified atom stereocenters. The van der Waals surface area contributed by atoms with Gasteiger partial charge in [0, 0.05) is 17.9 Å². The SMILES string of the molecule is Cc1ccccc1C(C)NC(=O)Nc1ccc(CC(=O)N2CCc3ccccc32)cc1. The first-order valence-corrected chi connectivity index (χ1v) is 10.6. The highest BCUT2D eigenvalue weighted by molar-refractivity contribution is 5.96. The molecule has 4 rings (SSSR count). The first-order chi connectivity index (χ1) is 15.0. The van der Waals surface area contributed by atoms with Crippen LogP contribution in [0.4, 0.5) is 16.2 Å². The molecule has 0 spiro atoms. The lowest BCUT2D eigenvalue weighted by atomic mass is 10.0. The molecule has 3 aromatic rings. The van der Waals surface area contributed by atoms with Crippen molar-refractivity contribution >= 4 is 23.3 Å². The van der Waals surface area contributed by atoms with E-state index in [9.17, 15) is 9.59 Å². The molecule has 1 aliphatic heterocycles. The van der Waals surface area contributed by atoms with Gasteiger partial charge in [-0.05, 0) is 60.7 Å². The fourth-order valence-electron chi connectivity index (χ4n) is 4.09. The summed E-state index contributed by atoms with van der Waals surface area (Å²) in [5, 5.41) is 5.83. The number of anilines is 2. The minimum Gasteiger partial charge on any atom is -0.331 e. The fraction of sp³-hybridized carbons (Fsp3) is 0.231. The van der Waals surface area contributed by atoms with Gasteiger partial charge in [0.1, 0.15) is 0 Å². The number of hydrogen-bond acceptors (Lipinski definition) is 2. The van der Waals surface area contributed by atoms with E-state index >= 15 is 0 Å². The van der Waals surface area contributed by atoms with E-state index in [0.717, 1.165) is 35.3 Å². The number of aryl methyl sites for hydroxylation is 1. The van der Waals surface area contributed by atoms with Gasteiger partial charge in [0.15, 0.2) is 0 Å². The maximum Gasteiger partial charge on any atom is 0.319 e. The van der Waals surface area contributed by atoms with Crippen molar-refractivity contribution in [3.63, 3.8) is 0 Å². The average molecular weight is 414 g/mol. The van der Waals surface area contributed by atoms with E-state index in [1.165, 1.54) is 5.56 Å². The highest BCUT2D eigenvalue weighted by Crippen LogP contribution is 2.28. The smallest absolute Gasteiger partial charge is 0.319 e. The third-order valence-corrected chi connectivity index (χ3v) is 5.76. The summed E-state index contributed by atoms with van der Waals surface area (Å²) in [6.07, 6.45) is 1.24. The van der Waals surface area contributed by atoms with E-state index in [2.05, 4.69) is 16.7 Å². The summed E-state index contributed by atoms with van der Waals surface area (Å²) >= 11 is 0. The zero-order valence-corrected chi connectivity index (χ0v) is 17.9. The van der Waals surface area contributed by atoms with Gasteiger partial charge < -0.3 is 15.5 Å². The van der Waals surface area contributed by atoms with Crippen LogP contribution in [0.3, 0.4) is 0 Å². The number of para-hydroxylation sites is 1. The van der Waals surface area contributed by atoms with Crippen LogP contribution >= 0.6 is 0 Å². The summed E-state index contributed by atoms with van der Waals surface area (Å²) in [5.74, 6) is 0.0930. The summed E-state index contributed by atoms with van der Waals surface area (Å²) in [5.41, 5.74) is 6.09. The van der Waals surface area contributed by atoms with Crippen molar-refractivity contribution in [2.75, 3.05) is 16.8 Å². The van der Waals surface area contributed by atoms with Gasteiger partial charge in [-0.3, -0.25) is 4.79 Å². The molecule has 5 nitrogen and oxygen atoms in total. The Balaban J connectivity index is 1.33. The molecule has 0 saturated carbocycles. The van der Waals surface area contributed by atoms with Crippen molar-refractivity contribution in [2.45, 2.75) is 32.7 Å². The van der Waals surface area contributed by atoms with Crippen molar-refractivity contribution in [2.24, 2.45) is 0 Å². The molecule has 31 heavy (non-hydrogen) atoms. The van der Waals surface area contributed by atoms with Gasteiger partial charge in [0.05, 0.1) is 12.5 Å². The summed E-state index contributed by atoms with van der Waals surface area (Å²) < 4.78 is 0. The fourth-order valence-corrected chi connectivity index (χ4v) is 4.09. The molecule has 5 heteroatoms. The molecule has 0 fully saturated rings. The standard InChI is InChI=1S/C26H27N3O2/c1-18-7-3-5-9-23(18)19(2)27-26(31)28-22-13-11-20(12-14-22)17-25(30)29-16-15-21-8-4-6-10-24(21)29/h3-14,19H,15-17H2,1-2H3,(H2,27,28,31). The third kappa shape index (κ3) is 4.77. The topological polar surface area (TPSA) is 61.4 Å². The Morgan fingerprint density at radius 3 is 2.45 bits per heavy atom. The van der Waals surface area contributed by atoms with Crippen LogP contribution < -0.4 is 15.5 Å². The second-order valence-corrected chi connectivity index (χ2v) is 7.97. The first kappa shape index (κ1) is 20.7. The van der Waals surface area contributed by atoms with E-state index in [4.69, 9.17) is 0 Å². The predicted octanol–water partition coefficient (Wildman–Crippen LogP) is 5.01. The van der Waals surface area contributed by atoms with Crippen LogP contribution in [0.5, 0.6) is 0 Å². The van der Waals surface area contributed by atoms with Crippen molar-refractivity contribution in [1.82, 2.24) is 5.32 Å². The number of fused-ring (bicyclic) bond motifs is 1. The summed E-state index contributed by atoms with van der Waals surface area (Å²) in [6.45, 7) is 4.73. The van der Waals surface area contributed by atoms with Crippen molar-refractivity contribution < 1.29 is 9.59 Å². The van der Waals surface area contributed by atoms with Gasteiger partial charge >= 0.3 is 6.03 Å². The quantitative estimate of drug-likeness (QED) is 0.618. The number of carbonyl (C=O) groups is 2. The first-order valence-electron chi connectivity index (χ1n) is 10.6. The molecule has 0 aliphatic carbocycles. The molecule has 158 valence electrons. The Bertz CT molecular complexity index is 1090. The van der Waals surface area contributed by atoms with Gasteiger partial charge in [-0.25, -0.2) is 4.79 Å². The molecule has 0 bridgehead atoms. The summed E-state index contributed by atoms with van der Waals surface area (Å²) in [7, 11) is 0. The monoisotopic (exact) mass is 413 g/mol. The number of hydrogen-bond donors (Lipinski definition) is 2. The second kappa shape index (κ2) is 9.04. The van der Waals surface area contributed by atoms with Crippen LogP contribution in [0.15, 0.2) is 72.8 Å². The number of benzene rings is 3. The Morgan fingerprint density at radius 2 is 1.68 bits per heavy atom. The molecular formula is C26H27N3O2. The number of carbonyl (C=O) groups excluding carboxylic acids is 2. The second-order valence-electron chi connectivity index (χ2n) is 7.97. The largest absolute Gasteiger partial charge is 0.331 e. The van der Waals surface area contributed by atoms with Crippen molar-refractivity contribution in [3.05, 3.63) is 95.1 Å². The Labute approximate surface area is 183 Å². The van der Waals surface area contributed by atoms with Gasteiger partial charge in [0.2, 0.25) is 5.91 Å². The van der Waals surface area contributed by atoms with Gasteiger partial charge in [-0.15, -0.1) is 0 Å². The Kier molecular flexibility index (Phi) is 6.03. The van der Waals surface area contributed by atoms with Crippen LogP contribution in [0.25, 0.3) is 0 Å². The predicted molar refractivity (Wildman–Crippen MR) is 124 cm³/mol.